The third-order valence-corrected chi connectivity index (χ3v) is 5.39. The lowest BCUT2D eigenvalue weighted by atomic mass is 9.95. The third kappa shape index (κ3) is 6.01. The highest BCUT2D eigenvalue weighted by Gasteiger charge is 2.26. The number of likely N-dealkylation sites (tertiary alicyclic amines) is 1. The summed E-state index contributed by atoms with van der Waals surface area (Å²) >= 11 is 0. The van der Waals surface area contributed by atoms with Gasteiger partial charge in [0.1, 0.15) is 11.4 Å². The van der Waals surface area contributed by atoms with Crippen LogP contribution < -0.4 is 16.2 Å². The van der Waals surface area contributed by atoms with Crippen LogP contribution in [-0.4, -0.2) is 52.4 Å². The van der Waals surface area contributed by atoms with Crippen molar-refractivity contribution in [1.82, 2.24) is 20.2 Å². The summed E-state index contributed by atoms with van der Waals surface area (Å²) in [6.07, 6.45) is 1.43. The minimum Gasteiger partial charge on any atom is -0.349 e. The summed E-state index contributed by atoms with van der Waals surface area (Å²) in [5.74, 6) is 0.112. The molecule has 1 aromatic carbocycles. The predicted octanol–water partition coefficient (Wildman–Crippen LogP) is 2.21. The van der Waals surface area contributed by atoms with Crippen LogP contribution in [0.15, 0.2) is 35.1 Å². The Morgan fingerprint density at radius 2 is 1.81 bits per heavy atom. The molecule has 8 heteroatoms. The van der Waals surface area contributed by atoms with Crippen LogP contribution in [0.4, 0.5) is 5.69 Å². The molecule has 0 aliphatic carbocycles. The molecule has 1 aliphatic heterocycles. The van der Waals surface area contributed by atoms with Crippen molar-refractivity contribution in [1.29, 1.82) is 0 Å². The first-order valence-electron chi connectivity index (χ1n) is 10.6. The van der Waals surface area contributed by atoms with Crippen molar-refractivity contribution < 1.29 is 9.59 Å². The highest BCUT2D eigenvalue weighted by Crippen LogP contribution is 2.18. The number of carbonyl (C=O) groups is 2. The smallest absolute Gasteiger partial charge is 0.264 e. The van der Waals surface area contributed by atoms with Gasteiger partial charge in [-0.3, -0.25) is 19.3 Å². The number of hydrogen-bond acceptors (Lipinski definition) is 5. The van der Waals surface area contributed by atoms with E-state index in [0.29, 0.717) is 31.2 Å². The summed E-state index contributed by atoms with van der Waals surface area (Å²) in [6, 6.07) is 9.32. The van der Waals surface area contributed by atoms with Gasteiger partial charge in [0.25, 0.3) is 11.5 Å². The van der Waals surface area contributed by atoms with Crippen LogP contribution in [0.25, 0.3) is 0 Å². The zero-order valence-corrected chi connectivity index (χ0v) is 18.6. The van der Waals surface area contributed by atoms with Gasteiger partial charge in [-0.25, -0.2) is 4.98 Å². The average Bonchev–Trinajstić information content (AvgIpc) is 2.69. The van der Waals surface area contributed by atoms with Gasteiger partial charge >= 0.3 is 0 Å². The van der Waals surface area contributed by atoms with Gasteiger partial charge < -0.3 is 15.6 Å². The first kappa shape index (κ1) is 22.7. The Kier molecular flexibility index (Phi) is 6.90. The molecule has 0 bridgehead atoms. The maximum atomic E-state index is 12.7. The summed E-state index contributed by atoms with van der Waals surface area (Å²) < 4.78 is 0. The molecule has 0 radical (unpaired) electrons. The van der Waals surface area contributed by atoms with Crippen molar-refractivity contribution in [3.8, 4) is 0 Å². The van der Waals surface area contributed by atoms with E-state index in [2.05, 4.69) is 25.5 Å². The van der Waals surface area contributed by atoms with Gasteiger partial charge in [0, 0.05) is 30.2 Å². The van der Waals surface area contributed by atoms with E-state index in [1.165, 1.54) is 0 Å². The Morgan fingerprint density at radius 1 is 1.16 bits per heavy atom. The molecule has 1 aliphatic rings. The zero-order chi connectivity index (χ0) is 22.6. The quantitative estimate of drug-likeness (QED) is 0.681. The molecule has 2 amide bonds. The molecule has 166 valence electrons. The molecule has 8 nitrogen and oxygen atoms in total. The molecule has 2 heterocycles. The lowest BCUT2D eigenvalue weighted by Crippen LogP contribution is -2.47. The highest BCUT2D eigenvalue weighted by atomic mass is 16.2. The molecule has 0 spiro atoms. The first-order chi connectivity index (χ1) is 14.6. The topological polar surface area (TPSA) is 107 Å². The fourth-order valence-corrected chi connectivity index (χ4v) is 3.63. The number of para-hydroxylation sites is 1. The standard InChI is InChI=1S/C23H31N5O3/c1-15-19(21(31)27-22(24-15)23(2,3)4)20(30)26-17-10-12-28(13-11-17)14-18(29)25-16-8-6-5-7-9-16/h5-9,17H,10-14H2,1-4H3,(H,25,29)(H,26,30)(H,24,27,31). The molecular formula is C23H31N5O3. The van der Waals surface area contributed by atoms with E-state index in [4.69, 9.17) is 0 Å². The number of aromatic nitrogens is 2. The Labute approximate surface area is 182 Å². The van der Waals surface area contributed by atoms with Crippen molar-refractivity contribution in [2.45, 2.75) is 52.0 Å². The average molecular weight is 426 g/mol. The number of aryl methyl sites for hydroxylation is 1. The second-order valence-corrected chi connectivity index (χ2v) is 9.06. The maximum Gasteiger partial charge on any atom is 0.264 e. The number of rotatable bonds is 5. The Bertz CT molecular complexity index is 987. The van der Waals surface area contributed by atoms with E-state index >= 15 is 0 Å². The third-order valence-electron chi connectivity index (χ3n) is 5.39. The van der Waals surface area contributed by atoms with Crippen LogP contribution in [0, 0.1) is 6.92 Å². The van der Waals surface area contributed by atoms with Gasteiger partial charge in [-0.2, -0.15) is 0 Å². The molecule has 3 N–H and O–H groups in total. The number of carbonyl (C=O) groups excluding carboxylic acids is 2. The van der Waals surface area contributed by atoms with Crippen molar-refractivity contribution in [3.05, 3.63) is 57.8 Å². The molecule has 2 aromatic rings. The Hall–Kier alpha value is -3.00. The van der Waals surface area contributed by atoms with Gasteiger partial charge in [0.05, 0.1) is 12.2 Å². The van der Waals surface area contributed by atoms with Crippen LogP contribution in [-0.2, 0) is 10.2 Å². The number of anilines is 1. The van der Waals surface area contributed by atoms with E-state index in [1.54, 1.807) is 6.92 Å². The Morgan fingerprint density at radius 3 is 2.39 bits per heavy atom. The van der Waals surface area contributed by atoms with Crippen molar-refractivity contribution in [2.24, 2.45) is 0 Å². The number of piperidine rings is 1. The summed E-state index contributed by atoms with van der Waals surface area (Å²) in [4.78, 5) is 46.7. The number of H-pyrrole nitrogens is 1. The maximum absolute atomic E-state index is 12.7. The van der Waals surface area contributed by atoms with Crippen LogP contribution >= 0.6 is 0 Å². The largest absolute Gasteiger partial charge is 0.349 e. The van der Waals surface area contributed by atoms with Gasteiger partial charge in [-0.1, -0.05) is 39.0 Å². The summed E-state index contributed by atoms with van der Waals surface area (Å²) in [6.45, 7) is 9.27. The van der Waals surface area contributed by atoms with Crippen LogP contribution in [0.1, 0.15) is 55.5 Å². The fraction of sp³-hybridized carbons (Fsp3) is 0.478. The molecule has 0 saturated carbocycles. The monoisotopic (exact) mass is 425 g/mol. The molecule has 3 rings (SSSR count). The molecular weight excluding hydrogens is 394 g/mol. The van der Waals surface area contributed by atoms with E-state index in [-0.39, 0.29) is 22.9 Å². The van der Waals surface area contributed by atoms with E-state index in [1.807, 2.05) is 51.1 Å². The van der Waals surface area contributed by atoms with Gasteiger partial charge in [-0.15, -0.1) is 0 Å². The number of nitrogens with zero attached hydrogens (tertiary/aromatic N) is 2. The number of nitrogens with one attached hydrogen (secondary N) is 3. The minimum absolute atomic E-state index is 0.0398. The van der Waals surface area contributed by atoms with Crippen molar-refractivity contribution in [3.63, 3.8) is 0 Å². The number of amides is 2. The first-order valence-corrected chi connectivity index (χ1v) is 10.6. The predicted molar refractivity (Wildman–Crippen MR) is 120 cm³/mol. The number of aromatic amines is 1. The molecule has 1 fully saturated rings. The second-order valence-electron chi connectivity index (χ2n) is 9.06. The summed E-state index contributed by atoms with van der Waals surface area (Å²) in [5.41, 5.74) is 0.559. The van der Waals surface area contributed by atoms with Gasteiger partial charge in [0.2, 0.25) is 5.91 Å². The van der Waals surface area contributed by atoms with Crippen molar-refractivity contribution >= 4 is 17.5 Å². The lowest BCUT2D eigenvalue weighted by Gasteiger charge is -2.31. The number of hydrogen-bond donors (Lipinski definition) is 3. The lowest BCUT2D eigenvalue weighted by molar-refractivity contribution is -0.117. The normalized spacial score (nSPS) is 15.5. The van der Waals surface area contributed by atoms with E-state index in [0.717, 1.165) is 18.5 Å². The zero-order valence-electron chi connectivity index (χ0n) is 18.6. The van der Waals surface area contributed by atoms with Crippen LogP contribution in [0.5, 0.6) is 0 Å². The summed E-state index contributed by atoms with van der Waals surface area (Å²) in [7, 11) is 0. The molecule has 1 saturated heterocycles. The molecule has 1 aromatic heterocycles. The highest BCUT2D eigenvalue weighted by molar-refractivity contribution is 5.95. The molecule has 0 unspecified atom stereocenters. The minimum atomic E-state index is -0.412. The van der Waals surface area contributed by atoms with Crippen molar-refractivity contribution in [2.75, 3.05) is 25.0 Å². The van der Waals surface area contributed by atoms with Crippen LogP contribution in [0.3, 0.4) is 0 Å². The Balaban J connectivity index is 1.52. The van der Waals surface area contributed by atoms with Gasteiger partial charge in [-0.05, 0) is 31.9 Å². The van der Waals surface area contributed by atoms with E-state index in [9.17, 15) is 14.4 Å². The second kappa shape index (κ2) is 9.43. The molecule has 31 heavy (non-hydrogen) atoms. The fourth-order valence-electron chi connectivity index (χ4n) is 3.63. The van der Waals surface area contributed by atoms with Crippen LogP contribution in [0.2, 0.25) is 0 Å². The molecule has 0 atom stereocenters. The summed E-state index contributed by atoms with van der Waals surface area (Å²) in [5, 5.41) is 5.85. The van der Waals surface area contributed by atoms with Gasteiger partial charge in [0.15, 0.2) is 0 Å². The van der Waals surface area contributed by atoms with E-state index < -0.39 is 11.5 Å². The SMILES string of the molecule is Cc1nc(C(C)(C)C)[nH]c(=O)c1C(=O)NC1CCN(CC(=O)Nc2ccccc2)CC1. The number of benzene rings is 1.